The van der Waals surface area contributed by atoms with Crippen molar-refractivity contribution in [2.45, 2.75) is 19.8 Å². The molecule has 3 nitrogen and oxygen atoms in total. The van der Waals surface area contributed by atoms with Gasteiger partial charge in [0.05, 0.1) is 5.84 Å². The van der Waals surface area contributed by atoms with Crippen LogP contribution in [-0.2, 0) is 0 Å². The number of amidine groups is 1. The van der Waals surface area contributed by atoms with E-state index in [1.807, 2.05) is 25.1 Å². The first kappa shape index (κ1) is 10.6. The zero-order chi connectivity index (χ0) is 9.23. The zero-order valence-corrected chi connectivity index (χ0v) is 7.33. The smallest absolute Gasteiger partial charge is 0.0905 e. The van der Waals surface area contributed by atoms with Gasteiger partial charge in [-0.1, -0.05) is 13.0 Å². The predicted molar refractivity (Wildman–Crippen MR) is 51.1 cm³/mol. The molecule has 0 aliphatic heterocycles. The molecule has 0 atom stereocenters. The Morgan fingerprint density at radius 1 is 1.33 bits per heavy atom. The first-order valence-corrected chi connectivity index (χ1v) is 3.95. The molecule has 1 rings (SSSR count). The third-order valence-corrected chi connectivity index (χ3v) is 1.09. The molecule has 0 radical (unpaired) electrons. The number of nitrogens with one attached hydrogen (secondary N) is 1. The van der Waals surface area contributed by atoms with Crippen molar-refractivity contribution >= 4 is 5.84 Å². The molecule has 1 aromatic heterocycles. The first-order valence-electron chi connectivity index (χ1n) is 3.95. The van der Waals surface area contributed by atoms with Crippen LogP contribution in [-0.4, -0.2) is 10.8 Å². The SMILES string of the molecule is CCCC(=N)N.c1ccncc1. The Labute approximate surface area is 73.1 Å². The summed E-state index contributed by atoms with van der Waals surface area (Å²) in [5, 5.41) is 6.67. The summed E-state index contributed by atoms with van der Waals surface area (Å²) < 4.78 is 0. The summed E-state index contributed by atoms with van der Waals surface area (Å²) in [6.07, 6.45) is 5.22. The van der Waals surface area contributed by atoms with Crippen molar-refractivity contribution in [2.75, 3.05) is 0 Å². The van der Waals surface area contributed by atoms with E-state index in [9.17, 15) is 0 Å². The van der Waals surface area contributed by atoms with Gasteiger partial charge in [-0.3, -0.25) is 10.4 Å². The Morgan fingerprint density at radius 3 is 2.00 bits per heavy atom. The molecule has 1 heterocycles. The zero-order valence-electron chi connectivity index (χ0n) is 7.33. The van der Waals surface area contributed by atoms with Crippen molar-refractivity contribution in [3.8, 4) is 0 Å². The number of nitrogens with zero attached hydrogens (tertiary/aromatic N) is 1. The Hall–Kier alpha value is -1.38. The Bertz CT molecular complexity index is 169. The van der Waals surface area contributed by atoms with Gasteiger partial charge in [0.15, 0.2) is 0 Å². The minimum absolute atomic E-state index is 0.289. The van der Waals surface area contributed by atoms with Gasteiger partial charge in [0.25, 0.3) is 0 Å². The maximum atomic E-state index is 6.67. The molecule has 0 aliphatic carbocycles. The fourth-order valence-corrected chi connectivity index (χ4v) is 0.582. The molecule has 0 saturated carbocycles. The second kappa shape index (κ2) is 7.72. The highest BCUT2D eigenvalue weighted by molar-refractivity contribution is 5.76. The summed E-state index contributed by atoms with van der Waals surface area (Å²) in [6.45, 7) is 2.00. The Morgan fingerprint density at radius 2 is 1.92 bits per heavy atom. The topological polar surface area (TPSA) is 62.8 Å². The van der Waals surface area contributed by atoms with Gasteiger partial charge in [-0.15, -0.1) is 0 Å². The van der Waals surface area contributed by atoms with Gasteiger partial charge in [0.1, 0.15) is 0 Å². The van der Waals surface area contributed by atoms with Crippen molar-refractivity contribution in [3.63, 3.8) is 0 Å². The number of aromatic nitrogens is 1. The summed E-state index contributed by atoms with van der Waals surface area (Å²) in [6, 6.07) is 5.72. The van der Waals surface area contributed by atoms with Crippen LogP contribution in [0.1, 0.15) is 19.8 Å². The number of hydrogen-bond acceptors (Lipinski definition) is 2. The molecule has 3 N–H and O–H groups in total. The fraction of sp³-hybridized carbons (Fsp3) is 0.333. The van der Waals surface area contributed by atoms with E-state index in [0.717, 1.165) is 12.8 Å². The Kier molecular flexibility index (Phi) is 6.84. The highest BCUT2D eigenvalue weighted by Gasteiger charge is 1.79. The molecule has 0 aromatic carbocycles. The van der Waals surface area contributed by atoms with Gasteiger partial charge in [-0.25, -0.2) is 0 Å². The van der Waals surface area contributed by atoms with Crippen LogP contribution >= 0.6 is 0 Å². The number of pyridine rings is 1. The van der Waals surface area contributed by atoms with E-state index in [2.05, 4.69) is 4.98 Å². The molecular formula is C9H15N3. The average molecular weight is 165 g/mol. The monoisotopic (exact) mass is 165 g/mol. The Balaban J connectivity index is 0.000000202. The van der Waals surface area contributed by atoms with Gasteiger partial charge < -0.3 is 5.73 Å². The van der Waals surface area contributed by atoms with E-state index in [0.29, 0.717) is 0 Å². The van der Waals surface area contributed by atoms with Gasteiger partial charge in [-0.2, -0.15) is 0 Å². The van der Waals surface area contributed by atoms with E-state index in [4.69, 9.17) is 11.1 Å². The molecule has 66 valence electrons. The van der Waals surface area contributed by atoms with Crippen LogP contribution in [0.3, 0.4) is 0 Å². The second-order valence-corrected chi connectivity index (χ2v) is 2.30. The average Bonchev–Trinajstić information content (AvgIpc) is 2.08. The van der Waals surface area contributed by atoms with E-state index in [1.54, 1.807) is 12.4 Å². The van der Waals surface area contributed by atoms with Gasteiger partial charge in [0, 0.05) is 18.8 Å². The van der Waals surface area contributed by atoms with Crippen molar-refractivity contribution in [3.05, 3.63) is 30.6 Å². The summed E-state index contributed by atoms with van der Waals surface area (Å²) in [7, 11) is 0. The molecule has 0 aliphatic rings. The van der Waals surface area contributed by atoms with Crippen LogP contribution in [0.4, 0.5) is 0 Å². The third kappa shape index (κ3) is 8.62. The maximum Gasteiger partial charge on any atom is 0.0905 e. The standard InChI is InChI=1S/C5H5N.C4H10N2/c1-2-4-6-5-3-1;1-2-3-4(5)6/h1-5H;2-3H2,1H3,(H3,5,6). The molecule has 0 fully saturated rings. The summed E-state index contributed by atoms with van der Waals surface area (Å²) in [5.74, 6) is 0.289. The van der Waals surface area contributed by atoms with Gasteiger partial charge >= 0.3 is 0 Å². The van der Waals surface area contributed by atoms with Crippen LogP contribution in [0.5, 0.6) is 0 Å². The minimum Gasteiger partial charge on any atom is -0.388 e. The lowest BCUT2D eigenvalue weighted by atomic mass is 10.3. The molecule has 12 heavy (non-hydrogen) atoms. The van der Waals surface area contributed by atoms with Crippen LogP contribution in [0.25, 0.3) is 0 Å². The van der Waals surface area contributed by atoms with Crippen LogP contribution in [0.15, 0.2) is 30.6 Å². The van der Waals surface area contributed by atoms with E-state index >= 15 is 0 Å². The maximum absolute atomic E-state index is 6.67. The van der Waals surface area contributed by atoms with E-state index < -0.39 is 0 Å². The van der Waals surface area contributed by atoms with Gasteiger partial charge in [-0.05, 0) is 18.6 Å². The fourth-order valence-electron chi connectivity index (χ4n) is 0.582. The van der Waals surface area contributed by atoms with Crippen molar-refractivity contribution < 1.29 is 0 Å². The van der Waals surface area contributed by atoms with Crippen LogP contribution in [0, 0.1) is 5.41 Å². The molecule has 0 unspecified atom stereocenters. The number of rotatable bonds is 2. The lowest BCUT2D eigenvalue weighted by Gasteiger charge is -1.85. The molecule has 0 amide bonds. The van der Waals surface area contributed by atoms with E-state index in [1.165, 1.54) is 0 Å². The predicted octanol–water partition coefficient (Wildman–Crippen LogP) is 1.80. The molecule has 3 heteroatoms. The molecular weight excluding hydrogens is 150 g/mol. The lowest BCUT2D eigenvalue weighted by molar-refractivity contribution is 0.976. The number of hydrogen-bond donors (Lipinski definition) is 2. The van der Waals surface area contributed by atoms with Crippen molar-refractivity contribution in [1.82, 2.24) is 4.98 Å². The summed E-state index contributed by atoms with van der Waals surface area (Å²) in [5.41, 5.74) is 4.99. The molecule has 0 spiro atoms. The highest BCUT2D eigenvalue weighted by Crippen LogP contribution is 1.80. The number of nitrogens with two attached hydrogens (primary N) is 1. The molecule has 0 saturated heterocycles. The normalized spacial score (nSPS) is 8.08. The molecule has 1 aromatic rings. The highest BCUT2D eigenvalue weighted by atomic mass is 14.7. The van der Waals surface area contributed by atoms with Gasteiger partial charge in [0.2, 0.25) is 0 Å². The van der Waals surface area contributed by atoms with E-state index in [-0.39, 0.29) is 5.84 Å². The third-order valence-electron chi connectivity index (χ3n) is 1.09. The molecule has 0 bridgehead atoms. The van der Waals surface area contributed by atoms with Crippen molar-refractivity contribution in [1.29, 1.82) is 5.41 Å². The van der Waals surface area contributed by atoms with Crippen LogP contribution < -0.4 is 5.73 Å². The summed E-state index contributed by atoms with van der Waals surface area (Å²) in [4.78, 5) is 3.78. The second-order valence-electron chi connectivity index (χ2n) is 2.30. The minimum atomic E-state index is 0.289. The summed E-state index contributed by atoms with van der Waals surface area (Å²) >= 11 is 0. The lowest BCUT2D eigenvalue weighted by Crippen LogP contribution is -2.07. The van der Waals surface area contributed by atoms with Crippen molar-refractivity contribution in [2.24, 2.45) is 5.73 Å². The quantitative estimate of drug-likeness (QED) is 0.518. The first-order chi connectivity index (χ1) is 5.77. The largest absolute Gasteiger partial charge is 0.388 e. The van der Waals surface area contributed by atoms with Crippen LogP contribution in [0.2, 0.25) is 0 Å².